The van der Waals surface area contributed by atoms with Crippen LogP contribution in [-0.2, 0) is 6.54 Å². The average molecular weight is 365 g/mol. The molecule has 3 rings (SSSR count). The molecule has 2 N–H and O–H groups in total. The van der Waals surface area contributed by atoms with E-state index in [1.54, 1.807) is 0 Å². The first-order valence-electron chi connectivity index (χ1n) is 9.49. The Morgan fingerprint density at radius 3 is 2.74 bits per heavy atom. The van der Waals surface area contributed by atoms with Gasteiger partial charge in [-0.25, -0.2) is 0 Å². The summed E-state index contributed by atoms with van der Waals surface area (Å²) >= 11 is 0. The van der Waals surface area contributed by atoms with Crippen LogP contribution in [0.3, 0.4) is 0 Å². The van der Waals surface area contributed by atoms with Gasteiger partial charge in [0.25, 0.3) is 11.5 Å². The molecule has 2 aromatic heterocycles. The van der Waals surface area contributed by atoms with Crippen molar-refractivity contribution in [1.82, 2.24) is 14.9 Å². The van der Waals surface area contributed by atoms with Gasteiger partial charge in [0.2, 0.25) is 0 Å². The molecule has 142 valence electrons. The predicted octanol–water partition coefficient (Wildman–Crippen LogP) is 4.24. The van der Waals surface area contributed by atoms with E-state index in [4.69, 9.17) is 0 Å². The van der Waals surface area contributed by atoms with E-state index in [1.807, 2.05) is 44.2 Å². The molecule has 0 aliphatic carbocycles. The van der Waals surface area contributed by atoms with E-state index in [0.717, 1.165) is 35.0 Å². The number of nitrogens with zero attached hydrogens (tertiary/aromatic N) is 1. The van der Waals surface area contributed by atoms with Gasteiger partial charge in [-0.3, -0.25) is 9.59 Å². The van der Waals surface area contributed by atoms with Crippen molar-refractivity contribution in [2.45, 2.75) is 53.1 Å². The first-order chi connectivity index (χ1) is 12.9. The van der Waals surface area contributed by atoms with Gasteiger partial charge in [-0.2, -0.15) is 0 Å². The standard InChI is InChI=1S/C22H27N3O2/c1-5-7-16(4)25-11-10-17-18(8-6-9-20(17)25)21(26)23-13-19-14(2)12-15(3)24-22(19)27/h6,8-12,16H,5,7,13H2,1-4H3,(H,23,26)(H,24,27). The summed E-state index contributed by atoms with van der Waals surface area (Å²) in [5.41, 5.74) is 3.85. The van der Waals surface area contributed by atoms with Gasteiger partial charge < -0.3 is 14.9 Å². The van der Waals surface area contributed by atoms with Crippen molar-refractivity contribution in [3.8, 4) is 0 Å². The van der Waals surface area contributed by atoms with E-state index in [0.29, 0.717) is 17.2 Å². The number of aryl methyl sites for hydroxylation is 2. The second kappa shape index (κ2) is 7.82. The van der Waals surface area contributed by atoms with E-state index >= 15 is 0 Å². The maximum atomic E-state index is 12.8. The fourth-order valence-corrected chi connectivity index (χ4v) is 3.69. The molecular formula is C22H27N3O2. The number of aromatic amines is 1. The SMILES string of the molecule is CCCC(C)n1ccc2c(C(=O)NCc3c(C)cc(C)[nH]c3=O)cccc21. The highest BCUT2D eigenvalue weighted by Gasteiger charge is 2.15. The number of carbonyl (C=O) groups excluding carboxylic acids is 1. The second-order valence-electron chi connectivity index (χ2n) is 7.22. The number of benzene rings is 1. The molecule has 1 aromatic carbocycles. The number of aromatic nitrogens is 2. The second-order valence-corrected chi connectivity index (χ2v) is 7.22. The minimum absolute atomic E-state index is 0.148. The van der Waals surface area contributed by atoms with Gasteiger partial charge in [0.15, 0.2) is 0 Å². The van der Waals surface area contributed by atoms with Crippen LogP contribution in [0.5, 0.6) is 0 Å². The third-order valence-corrected chi connectivity index (χ3v) is 5.11. The Bertz CT molecular complexity index is 1030. The van der Waals surface area contributed by atoms with Crippen molar-refractivity contribution < 1.29 is 4.79 Å². The lowest BCUT2D eigenvalue weighted by atomic mass is 10.1. The average Bonchev–Trinajstić information content (AvgIpc) is 3.05. The molecule has 0 radical (unpaired) electrons. The third-order valence-electron chi connectivity index (χ3n) is 5.11. The monoisotopic (exact) mass is 365 g/mol. The molecule has 3 aromatic rings. The Morgan fingerprint density at radius 1 is 1.26 bits per heavy atom. The van der Waals surface area contributed by atoms with Crippen molar-refractivity contribution in [2.75, 3.05) is 0 Å². The van der Waals surface area contributed by atoms with Crippen LogP contribution < -0.4 is 10.9 Å². The van der Waals surface area contributed by atoms with Crippen molar-refractivity contribution in [1.29, 1.82) is 0 Å². The molecule has 5 nitrogen and oxygen atoms in total. The van der Waals surface area contributed by atoms with Gasteiger partial charge in [-0.05, 0) is 57.0 Å². The summed E-state index contributed by atoms with van der Waals surface area (Å²) < 4.78 is 2.23. The summed E-state index contributed by atoms with van der Waals surface area (Å²) in [5.74, 6) is -0.166. The van der Waals surface area contributed by atoms with Gasteiger partial charge in [0.1, 0.15) is 0 Å². The van der Waals surface area contributed by atoms with Crippen LogP contribution in [-0.4, -0.2) is 15.5 Å². The van der Waals surface area contributed by atoms with Crippen LogP contribution in [0.1, 0.15) is 59.9 Å². The first-order valence-corrected chi connectivity index (χ1v) is 9.49. The lowest BCUT2D eigenvalue weighted by molar-refractivity contribution is 0.0952. The van der Waals surface area contributed by atoms with Crippen molar-refractivity contribution >= 4 is 16.8 Å². The Kier molecular flexibility index (Phi) is 5.49. The molecule has 0 saturated carbocycles. The Balaban J connectivity index is 1.85. The van der Waals surface area contributed by atoms with Crippen LogP contribution in [0.25, 0.3) is 10.9 Å². The third kappa shape index (κ3) is 3.82. The molecule has 0 spiro atoms. The summed E-state index contributed by atoms with van der Waals surface area (Å²) in [7, 11) is 0. The van der Waals surface area contributed by atoms with Gasteiger partial charge >= 0.3 is 0 Å². The number of pyridine rings is 1. The molecule has 2 heterocycles. The molecule has 1 atom stereocenters. The molecule has 5 heteroatoms. The first kappa shape index (κ1) is 19.0. The Morgan fingerprint density at radius 2 is 2.04 bits per heavy atom. The summed E-state index contributed by atoms with van der Waals surface area (Å²) in [6.45, 7) is 8.32. The van der Waals surface area contributed by atoms with Crippen molar-refractivity contribution in [2.24, 2.45) is 0 Å². The molecular weight excluding hydrogens is 338 g/mol. The Labute approximate surface area is 159 Å². The summed E-state index contributed by atoms with van der Waals surface area (Å²) in [6, 6.07) is 10.1. The van der Waals surface area contributed by atoms with E-state index in [9.17, 15) is 9.59 Å². The van der Waals surface area contributed by atoms with E-state index in [-0.39, 0.29) is 18.0 Å². The fourth-order valence-electron chi connectivity index (χ4n) is 3.69. The number of carbonyl (C=O) groups is 1. The van der Waals surface area contributed by atoms with Crippen molar-refractivity contribution in [3.63, 3.8) is 0 Å². The fraction of sp³-hybridized carbons (Fsp3) is 0.364. The van der Waals surface area contributed by atoms with Gasteiger partial charge in [-0.1, -0.05) is 19.4 Å². The van der Waals surface area contributed by atoms with Crippen LogP contribution in [0.2, 0.25) is 0 Å². The minimum Gasteiger partial charge on any atom is -0.348 e. The number of amides is 1. The number of H-pyrrole nitrogens is 1. The molecule has 0 bridgehead atoms. The van der Waals surface area contributed by atoms with E-state index in [2.05, 4.69) is 34.9 Å². The van der Waals surface area contributed by atoms with Crippen LogP contribution in [0, 0.1) is 13.8 Å². The maximum absolute atomic E-state index is 12.8. The van der Waals surface area contributed by atoms with Gasteiger partial charge in [0.05, 0.1) is 0 Å². The Hall–Kier alpha value is -2.82. The largest absolute Gasteiger partial charge is 0.348 e. The topological polar surface area (TPSA) is 66.9 Å². The number of hydrogen-bond donors (Lipinski definition) is 2. The molecule has 1 amide bonds. The number of rotatable bonds is 6. The number of fused-ring (bicyclic) bond motifs is 1. The van der Waals surface area contributed by atoms with Gasteiger partial charge in [-0.15, -0.1) is 0 Å². The predicted molar refractivity (Wildman–Crippen MR) is 109 cm³/mol. The molecule has 0 fully saturated rings. The summed E-state index contributed by atoms with van der Waals surface area (Å²) in [5, 5.41) is 3.84. The summed E-state index contributed by atoms with van der Waals surface area (Å²) in [6.07, 6.45) is 4.26. The zero-order valence-corrected chi connectivity index (χ0v) is 16.4. The van der Waals surface area contributed by atoms with Crippen LogP contribution in [0.15, 0.2) is 41.3 Å². The van der Waals surface area contributed by atoms with E-state index < -0.39 is 0 Å². The summed E-state index contributed by atoms with van der Waals surface area (Å²) in [4.78, 5) is 27.7. The van der Waals surface area contributed by atoms with Crippen LogP contribution in [0.4, 0.5) is 0 Å². The molecule has 27 heavy (non-hydrogen) atoms. The van der Waals surface area contributed by atoms with Crippen molar-refractivity contribution in [3.05, 3.63) is 69.3 Å². The number of nitrogens with one attached hydrogen (secondary N) is 2. The quantitative estimate of drug-likeness (QED) is 0.686. The highest BCUT2D eigenvalue weighted by molar-refractivity contribution is 6.06. The maximum Gasteiger partial charge on any atom is 0.253 e. The number of hydrogen-bond acceptors (Lipinski definition) is 2. The zero-order valence-electron chi connectivity index (χ0n) is 16.4. The molecule has 0 saturated heterocycles. The van der Waals surface area contributed by atoms with E-state index in [1.165, 1.54) is 0 Å². The smallest absolute Gasteiger partial charge is 0.253 e. The molecule has 1 unspecified atom stereocenters. The zero-order chi connectivity index (χ0) is 19.6. The molecule has 0 aliphatic heterocycles. The molecule has 0 aliphatic rings. The minimum atomic E-state index is -0.166. The lowest BCUT2D eigenvalue weighted by Crippen LogP contribution is -2.28. The lowest BCUT2D eigenvalue weighted by Gasteiger charge is -2.14. The van der Waals surface area contributed by atoms with Gasteiger partial charge in [0, 0.05) is 46.5 Å². The van der Waals surface area contributed by atoms with Crippen LogP contribution >= 0.6 is 0 Å². The highest BCUT2D eigenvalue weighted by Crippen LogP contribution is 2.25. The normalized spacial score (nSPS) is 12.3. The highest BCUT2D eigenvalue weighted by atomic mass is 16.1.